The number of benzene rings is 1. The highest BCUT2D eigenvalue weighted by Gasteiger charge is 2.38. The minimum absolute atomic E-state index is 0.0663. The van der Waals surface area contributed by atoms with Crippen LogP contribution in [0, 0.1) is 29.7 Å². The second-order valence-corrected chi connectivity index (χ2v) is 5.09. The Balaban J connectivity index is 1.84. The van der Waals surface area contributed by atoms with Crippen molar-refractivity contribution in [3.05, 3.63) is 59.1 Å². The lowest BCUT2D eigenvalue weighted by Crippen LogP contribution is -2.25. The number of fused-ring (bicyclic) bond motifs is 1. The number of hydrogen-bond donors (Lipinski definition) is 1. The van der Waals surface area contributed by atoms with Crippen molar-refractivity contribution in [2.45, 2.75) is 6.42 Å². The van der Waals surface area contributed by atoms with Gasteiger partial charge in [-0.2, -0.15) is 0 Å². The number of carbonyl (C=O) groups excluding carboxylic acids is 1. The first-order valence-corrected chi connectivity index (χ1v) is 6.68. The molecule has 4 heteroatoms. The number of carbonyl (C=O) groups is 1. The Bertz CT molecular complexity index is 689. The van der Waals surface area contributed by atoms with E-state index in [1.165, 1.54) is 24.3 Å². The highest BCUT2D eigenvalue weighted by atomic mass is 19.1. The summed E-state index contributed by atoms with van der Waals surface area (Å²) in [5.74, 6) is 2.14. The number of ketones is 1. The summed E-state index contributed by atoms with van der Waals surface area (Å²) < 4.78 is 18.3. The summed E-state index contributed by atoms with van der Waals surface area (Å²) in [7, 11) is 0. The van der Waals surface area contributed by atoms with Gasteiger partial charge in [0, 0.05) is 28.5 Å². The van der Waals surface area contributed by atoms with Gasteiger partial charge < -0.3 is 9.84 Å². The molecule has 0 spiro atoms. The van der Waals surface area contributed by atoms with Gasteiger partial charge in [-0.05, 0) is 36.6 Å². The Morgan fingerprint density at radius 1 is 1.29 bits per heavy atom. The number of Topliss-reactive ketones (excluding diaryl/α,β-unsaturated/α-hetero) is 1. The van der Waals surface area contributed by atoms with Crippen molar-refractivity contribution in [2.24, 2.45) is 11.8 Å². The summed E-state index contributed by atoms with van der Waals surface area (Å²) in [6.45, 7) is 0.417. The van der Waals surface area contributed by atoms with E-state index in [4.69, 9.17) is 9.84 Å². The average molecular weight is 284 g/mol. The molecule has 0 saturated heterocycles. The van der Waals surface area contributed by atoms with Crippen molar-refractivity contribution >= 4 is 5.78 Å². The SMILES string of the molecule is O=C(C1=CCC2C(C#CO)=COCC12)c1ccc(F)cc1. The van der Waals surface area contributed by atoms with Gasteiger partial charge in [0.2, 0.25) is 0 Å². The van der Waals surface area contributed by atoms with Gasteiger partial charge in [0.15, 0.2) is 5.78 Å². The van der Waals surface area contributed by atoms with Crippen LogP contribution in [0.5, 0.6) is 0 Å². The first kappa shape index (κ1) is 13.4. The van der Waals surface area contributed by atoms with Gasteiger partial charge in [-0.1, -0.05) is 6.08 Å². The lowest BCUT2D eigenvalue weighted by molar-refractivity contribution is 0.0989. The molecular weight excluding hydrogens is 271 g/mol. The van der Waals surface area contributed by atoms with Crippen molar-refractivity contribution in [1.29, 1.82) is 0 Å². The zero-order valence-corrected chi connectivity index (χ0v) is 11.2. The van der Waals surface area contributed by atoms with E-state index in [1.807, 2.05) is 12.2 Å². The molecule has 0 fully saturated rings. The summed E-state index contributed by atoms with van der Waals surface area (Å²) in [6, 6.07) is 5.53. The maximum Gasteiger partial charge on any atom is 0.189 e. The highest BCUT2D eigenvalue weighted by molar-refractivity contribution is 6.09. The molecule has 1 aromatic carbocycles. The predicted molar refractivity (Wildman–Crippen MR) is 74.2 cm³/mol. The van der Waals surface area contributed by atoms with Crippen LogP contribution in [-0.2, 0) is 4.74 Å². The number of aliphatic hydroxyl groups excluding tert-OH is 1. The number of rotatable bonds is 2. The number of aliphatic hydroxyl groups is 1. The van der Waals surface area contributed by atoms with Crippen LogP contribution in [-0.4, -0.2) is 17.5 Å². The minimum Gasteiger partial charge on any atom is -0.500 e. The Kier molecular flexibility index (Phi) is 3.49. The van der Waals surface area contributed by atoms with Crippen LogP contribution >= 0.6 is 0 Å². The van der Waals surface area contributed by atoms with E-state index in [0.717, 1.165) is 0 Å². The van der Waals surface area contributed by atoms with Gasteiger partial charge in [0.05, 0.1) is 12.9 Å². The van der Waals surface area contributed by atoms with E-state index in [0.29, 0.717) is 29.7 Å². The second kappa shape index (κ2) is 5.45. The van der Waals surface area contributed by atoms with Crippen LogP contribution in [0.3, 0.4) is 0 Å². The van der Waals surface area contributed by atoms with Crippen molar-refractivity contribution < 1.29 is 19.0 Å². The maximum atomic E-state index is 12.9. The molecule has 1 N–H and O–H groups in total. The first-order valence-electron chi connectivity index (χ1n) is 6.68. The maximum absolute atomic E-state index is 12.9. The van der Waals surface area contributed by atoms with Gasteiger partial charge in [-0.25, -0.2) is 4.39 Å². The molecular formula is C17H13FO3. The molecule has 1 aromatic rings. The molecule has 1 aliphatic carbocycles. The van der Waals surface area contributed by atoms with E-state index < -0.39 is 0 Å². The third-order valence-corrected chi connectivity index (χ3v) is 3.93. The number of allylic oxidation sites excluding steroid dienone is 2. The van der Waals surface area contributed by atoms with Crippen LogP contribution in [0.1, 0.15) is 16.8 Å². The summed E-state index contributed by atoms with van der Waals surface area (Å²) in [6.07, 6.45) is 6.01. The van der Waals surface area contributed by atoms with Gasteiger partial charge in [0.1, 0.15) is 11.9 Å². The second-order valence-electron chi connectivity index (χ2n) is 5.09. The Morgan fingerprint density at radius 2 is 2.05 bits per heavy atom. The van der Waals surface area contributed by atoms with E-state index in [-0.39, 0.29) is 23.4 Å². The van der Waals surface area contributed by atoms with Crippen LogP contribution in [0.4, 0.5) is 4.39 Å². The normalized spacial score (nSPS) is 23.1. The summed E-state index contributed by atoms with van der Waals surface area (Å²) in [4.78, 5) is 12.5. The number of hydrogen-bond acceptors (Lipinski definition) is 3. The molecule has 3 nitrogen and oxygen atoms in total. The minimum atomic E-state index is -0.366. The Morgan fingerprint density at radius 3 is 2.76 bits per heavy atom. The monoisotopic (exact) mass is 284 g/mol. The standard InChI is InChI=1S/C17H13FO3/c18-13-3-1-11(2-4-13)17(20)15-6-5-14-12(7-8-19)9-21-10-16(14)15/h1-4,6,9,14,16,19H,5,10H2. The summed E-state index contributed by atoms with van der Waals surface area (Å²) in [5.41, 5.74) is 1.84. The first-order chi connectivity index (χ1) is 10.2. The topological polar surface area (TPSA) is 46.5 Å². The lowest BCUT2D eigenvalue weighted by Gasteiger charge is -2.26. The van der Waals surface area contributed by atoms with Crippen LogP contribution < -0.4 is 0 Å². The molecule has 106 valence electrons. The van der Waals surface area contributed by atoms with Gasteiger partial charge in [-0.3, -0.25) is 4.79 Å². The smallest absolute Gasteiger partial charge is 0.189 e. The molecule has 2 unspecified atom stereocenters. The Labute approximate surface area is 121 Å². The summed E-state index contributed by atoms with van der Waals surface area (Å²) in [5, 5.41) is 8.74. The number of ether oxygens (including phenoxy) is 1. The van der Waals surface area contributed by atoms with Crippen LogP contribution in [0.15, 0.2) is 47.7 Å². The molecule has 0 bridgehead atoms. The molecule has 21 heavy (non-hydrogen) atoms. The largest absolute Gasteiger partial charge is 0.500 e. The van der Waals surface area contributed by atoms with E-state index in [2.05, 4.69) is 5.92 Å². The van der Waals surface area contributed by atoms with Crippen LogP contribution in [0.2, 0.25) is 0 Å². The van der Waals surface area contributed by atoms with E-state index in [9.17, 15) is 9.18 Å². The third kappa shape index (κ3) is 2.43. The summed E-state index contributed by atoms with van der Waals surface area (Å²) >= 11 is 0. The fourth-order valence-electron chi connectivity index (χ4n) is 2.88. The zero-order chi connectivity index (χ0) is 14.8. The van der Waals surface area contributed by atoms with Gasteiger partial charge in [0.25, 0.3) is 0 Å². The molecule has 1 heterocycles. The molecule has 0 aromatic heterocycles. The predicted octanol–water partition coefficient (Wildman–Crippen LogP) is 2.82. The van der Waals surface area contributed by atoms with Gasteiger partial charge >= 0.3 is 0 Å². The third-order valence-electron chi connectivity index (χ3n) is 3.93. The molecule has 2 atom stereocenters. The molecule has 3 rings (SSSR count). The highest BCUT2D eigenvalue weighted by Crippen LogP contribution is 2.40. The molecule has 0 amide bonds. The molecule has 1 aliphatic heterocycles. The molecule has 2 aliphatic rings. The van der Waals surface area contributed by atoms with E-state index >= 15 is 0 Å². The fourth-order valence-corrected chi connectivity index (χ4v) is 2.88. The average Bonchev–Trinajstić information content (AvgIpc) is 2.93. The van der Waals surface area contributed by atoms with Crippen molar-refractivity contribution in [3.8, 4) is 12.0 Å². The van der Waals surface area contributed by atoms with Crippen molar-refractivity contribution in [1.82, 2.24) is 0 Å². The lowest BCUT2D eigenvalue weighted by atomic mass is 9.83. The van der Waals surface area contributed by atoms with Crippen molar-refractivity contribution in [2.75, 3.05) is 6.61 Å². The van der Waals surface area contributed by atoms with Crippen LogP contribution in [0.25, 0.3) is 0 Å². The molecule has 0 saturated carbocycles. The van der Waals surface area contributed by atoms with Gasteiger partial charge in [-0.15, -0.1) is 0 Å². The fraction of sp³-hybridized carbons (Fsp3) is 0.235. The Hall–Kier alpha value is -2.54. The van der Waals surface area contributed by atoms with Crippen molar-refractivity contribution in [3.63, 3.8) is 0 Å². The molecule has 0 radical (unpaired) electrons. The quantitative estimate of drug-likeness (QED) is 0.671. The number of halogens is 1. The zero-order valence-electron chi connectivity index (χ0n) is 11.2. The van der Waals surface area contributed by atoms with E-state index in [1.54, 1.807) is 6.26 Å².